The van der Waals surface area contributed by atoms with Crippen LogP contribution in [0.3, 0.4) is 0 Å². The van der Waals surface area contributed by atoms with Gasteiger partial charge in [0.25, 0.3) is 0 Å². The van der Waals surface area contributed by atoms with Crippen LogP contribution in [0.15, 0.2) is 53.1 Å². The number of allylic oxidation sites excluding steroid dienone is 1. The fourth-order valence-corrected chi connectivity index (χ4v) is 2.91. The summed E-state index contributed by atoms with van der Waals surface area (Å²) in [7, 11) is 0. The first-order valence-corrected chi connectivity index (χ1v) is 8.04. The molecule has 0 aliphatic carbocycles. The molecule has 0 bridgehead atoms. The largest absolute Gasteiger partial charge is 0.454 e. The van der Waals surface area contributed by atoms with Crippen LogP contribution in [0.5, 0.6) is 0 Å². The quantitative estimate of drug-likeness (QED) is 0.503. The molecule has 1 aromatic rings. The van der Waals surface area contributed by atoms with Gasteiger partial charge in [0.1, 0.15) is 10.8 Å². The van der Waals surface area contributed by atoms with Crippen LogP contribution >= 0.6 is 0 Å². The predicted octanol–water partition coefficient (Wildman–Crippen LogP) is 2.54. The zero-order valence-corrected chi connectivity index (χ0v) is 13.3. The molecule has 0 amide bonds. The summed E-state index contributed by atoms with van der Waals surface area (Å²) in [4.78, 5) is 16.5. The van der Waals surface area contributed by atoms with Crippen molar-refractivity contribution in [2.45, 2.75) is 25.8 Å². The number of likely N-dealkylation sites (tertiary alicyclic amines) is 1. The second kappa shape index (κ2) is 7.27. The van der Waals surface area contributed by atoms with Gasteiger partial charge in [0.2, 0.25) is 0 Å². The number of nitrogens with zero attached hydrogens (tertiary/aromatic N) is 3. The number of aliphatic hydroxyl groups excluding tert-OH is 1. The Morgan fingerprint density at radius 3 is 2.62 bits per heavy atom. The standard InChI is InChI=1S/C17H20N4O3/c22-17(21(23)24)15-8-9-18-16(19-15)14-6-4-13(5-7-14)12-20-10-2-1-3-11-20/h4-9,22H,1-3,10-12H2,(H,18,19). The van der Waals surface area contributed by atoms with Crippen LogP contribution in [-0.4, -0.2) is 33.9 Å². The number of benzene rings is 1. The molecule has 2 aliphatic heterocycles. The summed E-state index contributed by atoms with van der Waals surface area (Å²) in [6.45, 7) is 3.23. The van der Waals surface area contributed by atoms with E-state index >= 15 is 0 Å². The van der Waals surface area contributed by atoms with E-state index in [4.69, 9.17) is 0 Å². The molecule has 1 saturated heterocycles. The minimum Gasteiger partial charge on any atom is -0.454 e. The van der Waals surface area contributed by atoms with Crippen molar-refractivity contribution in [1.82, 2.24) is 10.2 Å². The number of piperidine rings is 1. The van der Waals surface area contributed by atoms with E-state index in [-0.39, 0.29) is 5.70 Å². The van der Waals surface area contributed by atoms with Gasteiger partial charge in [-0.05, 0) is 37.6 Å². The summed E-state index contributed by atoms with van der Waals surface area (Å²) in [5, 5.41) is 22.9. The van der Waals surface area contributed by atoms with Crippen molar-refractivity contribution in [2.75, 3.05) is 13.1 Å². The molecule has 1 aromatic carbocycles. The molecule has 0 unspecified atom stereocenters. The summed E-state index contributed by atoms with van der Waals surface area (Å²) in [5.41, 5.74) is 2.08. The first-order valence-electron chi connectivity index (χ1n) is 8.04. The lowest BCUT2D eigenvalue weighted by atomic mass is 10.1. The van der Waals surface area contributed by atoms with Crippen LogP contribution in [0.2, 0.25) is 0 Å². The third-order valence-corrected chi connectivity index (χ3v) is 4.19. The van der Waals surface area contributed by atoms with Gasteiger partial charge in [-0.2, -0.15) is 0 Å². The normalized spacial score (nSPS) is 20.2. The molecule has 0 atom stereocenters. The fraction of sp³-hybridized carbons (Fsp3) is 0.353. The van der Waals surface area contributed by atoms with Gasteiger partial charge >= 0.3 is 5.88 Å². The molecule has 0 radical (unpaired) electrons. The highest BCUT2D eigenvalue weighted by atomic mass is 16.7. The molecule has 0 saturated carbocycles. The Bertz CT molecular complexity index is 701. The van der Waals surface area contributed by atoms with Gasteiger partial charge in [0.15, 0.2) is 5.70 Å². The zero-order chi connectivity index (χ0) is 16.9. The van der Waals surface area contributed by atoms with Crippen molar-refractivity contribution in [3.63, 3.8) is 0 Å². The van der Waals surface area contributed by atoms with Gasteiger partial charge in [0.05, 0.1) is 0 Å². The fourth-order valence-electron chi connectivity index (χ4n) is 2.91. The van der Waals surface area contributed by atoms with E-state index in [1.165, 1.54) is 37.1 Å². The van der Waals surface area contributed by atoms with E-state index in [1.54, 1.807) is 0 Å². The molecule has 1 fully saturated rings. The number of hydrogen-bond donors (Lipinski definition) is 2. The average molecular weight is 328 g/mol. The summed E-state index contributed by atoms with van der Waals surface area (Å²) in [5.74, 6) is -0.439. The Hall–Kier alpha value is -2.67. The summed E-state index contributed by atoms with van der Waals surface area (Å²) in [6.07, 6.45) is 6.65. The van der Waals surface area contributed by atoms with Gasteiger partial charge in [0, 0.05) is 18.3 Å². The van der Waals surface area contributed by atoms with Crippen LogP contribution in [0, 0.1) is 10.1 Å². The van der Waals surface area contributed by atoms with Crippen molar-refractivity contribution < 1.29 is 10.0 Å². The molecule has 7 heteroatoms. The first-order chi connectivity index (χ1) is 11.6. The van der Waals surface area contributed by atoms with E-state index in [0.29, 0.717) is 5.84 Å². The summed E-state index contributed by atoms with van der Waals surface area (Å²) < 4.78 is 0. The van der Waals surface area contributed by atoms with Crippen molar-refractivity contribution in [1.29, 1.82) is 0 Å². The van der Waals surface area contributed by atoms with Crippen molar-refractivity contribution >= 4 is 5.84 Å². The lowest BCUT2D eigenvalue weighted by Gasteiger charge is -2.26. The van der Waals surface area contributed by atoms with E-state index in [2.05, 4.69) is 15.2 Å². The number of nitrogens with one attached hydrogen (secondary N) is 1. The highest BCUT2D eigenvalue weighted by Gasteiger charge is 2.19. The maximum Gasteiger partial charge on any atom is 0.449 e. The Morgan fingerprint density at radius 2 is 1.96 bits per heavy atom. The van der Waals surface area contributed by atoms with Crippen LogP contribution in [0.25, 0.3) is 0 Å². The highest BCUT2D eigenvalue weighted by molar-refractivity contribution is 6.01. The second-order valence-corrected chi connectivity index (χ2v) is 5.95. The van der Waals surface area contributed by atoms with Crippen LogP contribution < -0.4 is 5.32 Å². The maximum atomic E-state index is 10.7. The van der Waals surface area contributed by atoms with Crippen LogP contribution in [-0.2, 0) is 6.54 Å². The smallest absolute Gasteiger partial charge is 0.449 e. The third kappa shape index (κ3) is 3.80. The lowest BCUT2D eigenvalue weighted by Crippen LogP contribution is -2.29. The number of hydrogen-bond acceptors (Lipinski definition) is 6. The van der Waals surface area contributed by atoms with Crippen molar-refractivity contribution in [3.8, 4) is 0 Å². The van der Waals surface area contributed by atoms with Gasteiger partial charge < -0.3 is 10.4 Å². The summed E-state index contributed by atoms with van der Waals surface area (Å²) in [6, 6.07) is 7.96. The molecule has 0 aromatic heterocycles. The molecule has 0 spiro atoms. The van der Waals surface area contributed by atoms with Gasteiger partial charge in [-0.3, -0.25) is 15.0 Å². The minimum atomic E-state index is -0.916. The van der Waals surface area contributed by atoms with Crippen LogP contribution in [0.4, 0.5) is 0 Å². The topological polar surface area (TPSA) is 91.0 Å². The van der Waals surface area contributed by atoms with Gasteiger partial charge in [-0.1, -0.05) is 30.7 Å². The predicted molar refractivity (Wildman–Crippen MR) is 91.0 cm³/mol. The molecule has 7 nitrogen and oxygen atoms in total. The molecule has 3 rings (SSSR count). The van der Waals surface area contributed by atoms with E-state index in [0.717, 1.165) is 25.2 Å². The van der Waals surface area contributed by atoms with Crippen molar-refractivity contribution in [3.05, 3.63) is 69.4 Å². The molecular weight excluding hydrogens is 308 g/mol. The maximum absolute atomic E-state index is 10.7. The van der Waals surface area contributed by atoms with E-state index in [9.17, 15) is 15.2 Å². The molecule has 2 N–H and O–H groups in total. The molecular formula is C17H20N4O3. The molecule has 2 aliphatic rings. The number of amidine groups is 1. The molecule has 2 heterocycles. The number of aliphatic imine (C=N–C) groups is 1. The number of rotatable bonds is 4. The van der Waals surface area contributed by atoms with E-state index in [1.807, 2.05) is 24.3 Å². The Balaban J connectivity index is 1.69. The van der Waals surface area contributed by atoms with Crippen LogP contribution in [0.1, 0.15) is 30.4 Å². The summed E-state index contributed by atoms with van der Waals surface area (Å²) >= 11 is 0. The van der Waals surface area contributed by atoms with E-state index < -0.39 is 10.8 Å². The SMILES string of the molecule is O=[N+]([O-])C(O)=C1C=CN=C(c2ccc(CN3CCCCC3)cc2)N1. The lowest BCUT2D eigenvalue weighted by molar-refractivity contribution is -0.460. The number of nitro groups is 1. The monoisotopic (exact) mass is 328 g/mol. The van der Waals surface area contributed by atoms with Gasteiger partial charge in [-0.25, -0.2) is 4.99 Å². The minimum absolute atomic E-state index is 0.0300. The highest BCUT2D eigenvalue weighted by Crippen LogP contribution is 2.15. The second-order valence-electron chi connectivity index (χ2n) is 5.95. The average Bonchev–Trinajstić information content (AvgIpc) is 2.62. The van der Waals surface area contributed by atoms with Crippen molar-refractivity contribution in [2.24, 2.45) is 4.99 Å². The molecule has 126 valence electrons. The Labute approximate surface area is 140 Å². The Morgan fingerprint density at radius 1 is 1.25 bits per heavy atom. The van der Waals surface area contributed by atoms with Gasteiger partial charge in [-0.15, -0.1) is 0 Å². The molecule has 24 heavy (non-hydrogen) atoms. The first kappa shape index (κ1) is 16.2. The zero-order valence-electron chi connectivity index (χ0n) is 13.3. The Kier molecular flexibility index (Phi) is 4.90. The third-order valence-electron chi connectivity index (χ3n) is 4.19. The number of aliphatic hydroxyl groups is 1.